The van der Waals surface area contributed by atoms with Crippen LogP contribution < -0.4 is 5.32 Å². The maximum atomic E-state index is 12.7. The van der Waals surface area contributed by atoms with Crippen LogP contribution in [0.1, 0.15) is 24.2 Å². The molecule has 1 saturated heterocycles. The quantitative estimate of drug-likeness (QED) is 0.930. The molecule has 0 atom stereocenters. The van der Waals surface area contributed by atoms with E-state index < -0.39 is 11.9 Å². The molecule has 0 spiro atoms. The van der Waals surface area contributed by atoms with E-state index in [0.717, 1.165) is 50.6 Å². The number of nitrogens with one attached hydrogen (secondary N) is 1. The molecule has 0 amide bonds. The van der Waals surface area contributed by atoms with Crippen molar-refractivity contribution in [3.05, 3.63) is 48.2 Å². The molecule has 3 rings (SSSR count). The fourth-order valence-electron chi connectivity index (χ4n) is 2.76. The van der Waals surface area contributed by atoms with Crippen molar-refractivity contribution in [2.45, 2.75) is 31.6 Å². The molecule has 128 valence electrons. The molecule has 0 aliphatic carbocycles. The Labute approximate surface area is 138 Å². The van der Waals surface area contributed by atoms with Gasteiger partial charge in [0.25, 0.3) is 0 Å². The highest BCUT2D eigenvalue weighted by Gasteiger charge is 2.33. The number of likely N-dealkylation sites (tertiary alicyclic amines) is 1. The molecule has 0 unspecified atom stereocenters. The van der Waals surface area contributed by atoms with Gasteiger partial charge in [0.15, 0.2) is 0 Å². The smallest absolute Gasteiger partial charge is 0.367 e. The van der Waals surface area contributed by atoms with E-state index in [1.54, 1.807) is 6.20 Å². The van der Waals surface area contributed by atoms with Crippen molar-refractivity contribution in [2.75, 3.05) is 18.4 Å². The normalized spacial score (nSPS) is 17.0. The monoisotopic (exact) mass is 337 g/mol. The van der Waals surface area contributed by atoms with Crippen LogP contribution in [0.3, 0.4) is 0 Å². The van der Waals surface area contributed by atoms with Crippen LogP contribution >= 0.6 is 0 Å². The summed E-state index contributed by atoms with van der Waals surface area (Å²) in [6, 6.07) is 6.91. The van der Waals surface area contributed by atoms with Crippen molar-refractivity contribution in [3.8, 4) is 0 Å². The van der Waals surface area contributed by atoms with E-state index in [4.69, 9.17) is 0 Å². The first-order valence-corrected chi connectivity index (χ1v) is 7.79. The minimum Gasteiger partial charge on any atom is -0.367 e. The molecule has 0 bridgehead atoms. The molecular formula is C16H18F3N5. The minimum atomic E-state index is -4.45. The highest BCUT2D eigenvalue weighted by molar-refractivity contribution is 5.36. The zero-order valence-electron chi connectivity index (χ0n) is 13.0. The third-order valence-electron chi connectivity index (χ3n) is 4.01. The average Bonchev–Trinajstić information content (AvgIpc) is 2.57. The first-order chi connectivity index (χ1) is 11.5. The maximum absolute atomic E-state index is 12.7. The highest BCUT2D eigenvalue weighted by atomic mass is 19.4. The van der Waals surface area contributed by atoms with Gasteiger partial charge in [-0.1, -0.05) is 6.07 Å². The second kappa shape index (κ2) is 7.12. The van der Waals surface area contributed by atoms with Crippen molar-refractivity contribution < 1.29 is 13.2 Å². The molecule has 8 heteroatoms. The van der Waals surface area contributed by atoms with E-state index in [2.05, 4.69) is 25.2 Å². The molecule has 5 nitrogen and oxygen atoms in total. The Bertz CT molecular complexity index is 654. The molecule has 0 aromatic carbocycles. The third-order valence-corrected chi connectivity index (χ3v) is 4.01. The number of aromatic nitrogens is 3. The Morgan fingerprint density at radius 3 is 2.58 bits per heavy atom. The van der Waals surface area contributed by atoms with E-state index in [0.29, 0.717) is 0 Å². The first-order valence-electron chi connectivity index (χ1n) is 7.79. The summed E-state index contributed by atoms with van der Waals surface area (Å²) < 4.78 is 38.0. The van der Waals surface area contributed by atoms with E-state index in [-0.39, 0.29) is 11.9 Å². The summed E-state index contributed by atoms with van der Waals surface area (Å²) in [6.07, 6.45) is -0.0415. The molecule has 0 radical (unpaired) electrons. The van der Waals surface area contributed by atoms with Gasteiger partial charge < -0.3 is 5.32 Å². The largest absolute Gasteiger partial charge is 0.433 e. The first kappa shape index (κ1) is 16.6. The van der Waals surface area contributed by atoms with Crippen LogP contribution in [-0.4, -0.2) is 39.0 Å². The van der Waals surface area contributed by atoms with Gasteiger partial charge in [-0.3, -0.25) is 9.88 Å². The molecule has 1 N–H and O–H groups in total. The molecule has 1 aliphatic rings. The molecule has 2 aromatic rings. The van der Waals surface area contributed by atoms with Gasteiger partial charge in [0.05, 0.1) is 5.69 Å². The lowest BCUT2D eigenvalue weighted by atomic mass is 10.0. The second-order valence-corrected chi connectivity index (χ2v) is 5.80. The van der Waals surface area contributed by atoms with Gasteiger partial charge in [0.1, 0.15) is 17.8 Å². The maximum Gasteiger partial charge on any atom is 0.433 e. The zero-order chi connectivity index (χ0) is 17.0. The Balaban J connectivity index is 1.52. The molecule has 3 heterocycles. The van der Waals surface area contributed by atoms with Gasteiger partial charge in [0.2, 0.25) is 0 Å². The van der Waals surface area contributed by atoms with Crippen molar-refractivity contribution in [1.82, 2.24) is 19.9 Å². The lowest BCUT2D eigenvalue weighted by Gasteiger charge is -2.32. The summed E-state index contributed by atoms with van der Waals surface area (Å²) in [5.74, 6) is 0.223. The van der Waals surface area contributed by atoms with Crippen molar-refractivity contribution in [3.63, 3.8) is 0 Å². The molecule has 1 aliphatic heterocycles. The number of anilines is 1. The molecular weight excluding hydrogens is 319 g/mol. The molecule has 1 fully saturated rings. The number of hydrogen-bond acceptors (Lipinski definition) is 5. The second-order valence-electron chi connectivity index (χ2n) is 5.80. The number of pyridine rings is 1. The van der Waals surface area contributed by atoms with Crippen molar-refractivity contribution >= 4 is 5.82 Å². The summed E-state index contributed by atoms with van der Waals surface area (Å²) in [5, 5.41) is 3.08. The van der Waals surface area contributed by atoms with E-state index in [1.807, 2.05) is 18.2 Å². The topological polar surface area (TPSA) is 53.9 Å². The number of alkyl halides is 3. The number of nitrogens with zero attached hydrogens (tertiary/aromatic N) is 4. The number of piperidine rings is 1. The SMILES string of the molecule is FC(F)(F)c1cc(NC2CCN(Cc3ccccn3)CC2)ncn1. The van der Waals surface area contributed by atoms with Crippen LogP contribution in [0.5, 0.6) is 0 Å². The van der Waals surface area contributed by atoms with E-state index in [9.17, 15) is 13.2 Å². The minimum absolute atomic E-state index is 0.112. The molecule has 0 saturated carbocycles. The highest BCUT2D eigenvalue weighted by Crippen LogP contribution is 2.28. The molecule has 24 heavy (non-hydrogen) atoms. The average molecular weight is 337 g/mol. The predicted molar refractivity (Wildman–Crippen MR) is 83.2 cm³/mol. The number of halogens is 3. The van der Waals surface area contributed by atoms with Gasteiger partial charge >= 0.3 is 6.18 Å². The Morgan fingerprint density at radius 2 is 1.92 bits per heavy atom. The zero-order valence-corrected chi connectivity index (χ0v) is 13.0. The standard InChI is InChI=1S/C16H18F3N5/c17-16(18,19)14-9-15(22-11-21-14)23-12-4-7-24(8-5-12)10-13-3-1-2-6-20-13/h1-3,6,9,11-12H,4-5,7-8,10H2,(H,21,22,23). The lowest BCUT2D eigenvalue weighted by Crippen LogP contribution is -2.39. The number of rotatable bonds is 4. The van der Waals surface area contributed by atoms with Gasteiger partial charge in [-0.2, -0.15) is 13.2 Å². The Hall–Kier alpha value is -2.22. The summed E-state index contributed by atoms with van der Waals surface area (Å²) >= 11 is 0. The lowest BCUT2D eigenvalue weighted by molar-refractivity contribution is -0.141. The van der Waals surface area contributed by atoms with Crippen molar-refractivity contribution in [1.29, 1.82) is 0 Å². The molecule has 2 aromatic heterocycles. The summed E-state index contributed by atoms with van der Waals surface area (Å²) in [7, 11) is 0. The van der Waals surface area contributed by atoms with Gasteiger partial charge in [-0.05, 0) is 25.0 Å². The summed E-state index contributed by atoms with van der Waals surface area (Å²) in [5.41, 5.74) is 0.0992. The Morgan fingerprint density at radius 1 is 1.12 bits per heavy atom. The predicted octanol–water partition coefficient (Wildman–Crippen LogP) is 2.97. The van der Waals surface area contributed by atoms with E-state index >= 15 is 0 Å². The van der Waals surface area contributed by atoms with Crippen molar-refractivity contribution in [2.24, 2.45) is 0 Å². The van der Waals surface area contributed by atoms with Gasteiger partial charge in [0, 0.05) is 37.9 Å². The number of hydrogen-bond donors (Lipinski definition) is 1. The Kier molecular flexibility index (Phi) is 4.94. The third kappa shape index (κ3) is 4.41. The van der Waals surface area contributed by atoms with Crippen LogP contribution in [-0.2, 0) is 12.7 Å². The van der Waals surface area contributed by atoms with Gasteiger partial charge in [-0.15, -0.1) is 0 Å². The van der Waals surface area contributed by atoms with Gasteiger partial charge in [-0.25, -0.2) is 9.97 Å². The summed E-state index contributed by atoms with van der Waals surface area (Å²) in [6.45, 7) is 2.52. The van der Waals surface area contributed by atoms with Crippen LogP contribution in [0, 0.1) is 0 Å². The van der Waals surface area contributed by atoms with Crippen LogP contribution in [0.2, 0.25) is 0 Å². The summed E-state index contributed by atoms with van der Waals surface area (Å²) in [4.78, 5) is 13.8. The van der Waals surface area contributed by atoms with E-state index in [1.165, 1.54) is 0 Å². The van der Waals surface area contributed by atoms with Crippen LogP contribution in [0.25, 0.3) is 0 Å². The fraction of sp³-hybridized carbons (Fsp3) is 0.438. The fourth-order valence-corrected chi connectivity index (χ4v) is 2.76. The van der Waals surface area contributed by atoms with Crippen LogP contribution in [0.4, 0.5) is 19.0 Å². The van der Waals surface area contributed by atoms with Crippen LogP contribution in [0.15, 0.2) is 36.8 Å².